The van der Waals surface area contributed by atoms with Gasteiger partial charge in [-0.1, -0.05) is 91.0 Å². The number of rotatable bonds is 12. The zero-order valence-corrected chi connectivity index (χ0v) is 19.5. The molecule has 1 atom stereocenters. The van der Waals surface area contributed by atoms with Gasteiger partial charge >= 0.3 is 5.97 Å². The van der Waals surface area contributed by atoms with Crippen LogP contribution in [-0.2, 0) is 20.9 Å². The van der Waals surface area contributed by atoms with E-state index in [9.17, 15) is 14.4 Å². The molecule has 3 rings (SSSR count). The summed E-state index contributed by atoms with van der Waals surface area (Å²) in [7, 11) is 0. The van der Waals surface area contributed by atoms with E-state index in [1.54, 1.807) is 4.90 Å². The molecule has 0 heterocycles. The minimum Gasteiger partial charge on any atom is -0.480 e. The molecule has 0 bridgehead atoms. The number of nitrogens with one attached hydrogen (secondary N) is 1. The summed E-state index contributed by atoms with van der Waals surface area (Å²) in [5, 5.41) is 11.5. The van der Waals surface area contributed by atoms with Gasteiger partial charge in [0.05, 0.1) is 5.92 Å². The molecule has 3 aromatic carbocycles. The molecule has 2 amide bonds. The van der Waals surface area contributed by atoms with E-state index in [0.717, 1.165) is 16.7 Å². The zero-order chi connectivity index (χ0) is 25.0. The van der Waals surface area contributed by atoms with Gasteiger partial charge in [0.1, 0.15) is 12.6 Å². The topological polar surface area (TPSA) is 113 Å². The lowest BCUT2D eigenvalue weighted by molar-refractivity contribution is -0.143. The smallest absolute Gasteiger partial charge is 0.322 e. The van der Waals surface area contributed by atoms with Crippen molar-refractivity contribution in [3.63, 3.8) is 0 Å². The van der Waals surface area contributed by atoms with Gasteiger partial charge in [-0.05, 0) is 36.1 Å². The predicted octanol–water partition coefficient (Wildman–Crippen LogP) is 3.16. The number of carbonyl (C=O) groups excluding carboxylic acids is 2. The molecule has 0 aromatic heterocycles. The number of nitrogens with zero attached hydrogens (tertiary/aromatic N) is 1. The molecule has 182 valence electrons. The van der Waals surface area contributed by atoms with E-state index in [0.29, 0.717) is 19.4 Å². The molecule has 7 nitrogen and oxygen atoms in total. The van der Waals surface area contributed by atoms with Crippen molar-refractivity contribution < 1.29 is 19.5 Å². The van der Waals surface area contributed by atoms with Crippen molar-refractivity contribution in [3.8, 4) is 0 Å². The Kier molecular flexibility index (Phi) is 9.57. The number of carboxylic acids is 1. The molecular weight excluding hydrogens is 442 g/mol. The van der Waals surface area contributed by atoms with Gasteiger partial charge in [0.15, 0.2) is 0 Å². The number of benzene rings is 3. The summed E-state index contributed by atoms with van der Waals surface area (Å²) < 4.78 is 0. The van der Waals surface area contributed by atoms with E-state index in [1.807, 2.05) is 91.0 Å². The van der Waals surface area contributed by atoms with Gasteiger partial charge < -0.3 is 21.1 Å². The molecule has 0 spiro atoms. The molecule has 35 heavy (non-hydrogen) atoms. The molecule has 0 fully saturated rings. The van der Waals surface area contributed by atoms with Crippen LogP contribution >= 0.6 is 0 Å². The maximum Gasteiger partial charge on any atom is 0.322 e. The number of nitrogens with two attached hydrogens (primary N) is 1. The van der Waals surface area contributed by atoms with Crippen molar-refractivity contribution in [1.82, 2.24) is 10.2 Å². The first-order chi connectivity index (χ1) is 17.0. The van der Waals surface area contributed by atoms with Crippen molar-refractivity contribution in [1.29, 1.82) is 0 Å². The van der Waals surface area contributed by atoms with Crippen LogP contribution < -0.4 is 11.1 Å². The maximum atomic E-state index is 14.3. The first-order valence-electron chi connectivity index (χ1n) is 11.6. The number of aliphatic carboxylic acids is 1. The van der Waals surface area contributed by atoms with Gasteiger partial charge in [-0.3, -0.25) is 14.4 Å². The molecule has 0 aliphatic rings. The van der Waals surface area contributed by atoms with Gasteiger partial charge in [0, 0.05) is 6.54 Å². The van der Waals surface area contributed by atoms with Gasteiger partial charge in [-0.25, -0.2) is 0 Å². The van der Waals surface area contributed by atoms with Crippen LogP contribution in [0.25, 0.3) is 0 Å². The van der Waals surface area contributed by atoms with Crippen LogP contribution in [0, 0.1) is 0 Å². The third-order valence-electron chi connectivity index (χ3n) is 5.77. The molecule has 0 unspecified atom stereocenters. The molecule has 0 aliphatic heterocycles. The Bertz CT molecular complexity index is 1050. The van der Waals surface area contributed by atoms with Crippen molar-refractivity contribution in [2.45, 2.75) is 31.3 Å². The SMILES string of the molecule is NCCC[C@H](C(=O)NCC(=O)O)N(Cc1ccccc1)C(=O)C(c1ccccc1)c1ccccc1. The number of carboxylic acid groups (broad SMARTS) is 1. The van der Waals surface area contributed by atoms with Gasteiger partial charge in [-0.2, -0.15) is 0 Å². The molecule has 4 N–H and O–H groups in total. The van der Waals surface area contributed by atoms with Crippen LogP contribution in [0.1, 0.15) is 35.4 Å². The van der Waals surface area contributed by atoms with E-state index >= 15 is 0 Å². The third-order valence-corrected chi connectivity index (χ3v) is 5.77. The summed E-state index contributed by atoms with van der Waals surface area (Å²) in [5.74, 6) is -2.53. The summed E-state index contributed by atoms with van der Waals surface area (Å²) >= 11 is 0. The normalized spacial score (nSPS) is 11.6. The molecule has 0 saturated carbocycles. The Labute approximate surface area is 205 Å². The summed E-state index contributed by atoms with van der Waals surface area (Å²) in [4.78, 5) is 40.1. The Morgan fingerprint density at radius 3 is 1.83 bits per heavy atom. The first kappa shape index (κ1) is 25.6. The second kappa shape index (κ2) is 13.1. The average molecular weight is 474 g/mol. The number of hydrogen-bond donors (Lipinski definition) is 3. The zero-order valence-electron chi connectivity index (χ0n) is 19.5. The Balaban J connectivity index is 2.06. The summed E-state index contributed by atoms with van der Waals surface area (Å²) in [5.41, 5.74) is 8.23. The highest BCUT2D eigenvalue weighted by Crippen LogP contribution is 2.29. The Morgan fingerprint density at radius 1 is 0.829 bits per heavy atom. The highest BCUT2D eigenvalue weighted by molar-refractivity contribution is 5.93. The van der Waals surface area contributed by atoms with Gasteiger partial charge in [0.25, 0.3) is 0 Å². The van der Waals surface area contributed by atoms with E-state index in [-0.39, 0.29) is 12.5 Å². The van der Waals surface area contributed by atoms with Crippen molar-refractivity contribution in [2.75, 3.05) is 13.1 Å². The summed E-state index contributed by atoms with van der Waals surface area (Å²) in [6.07, 6.45) is 0.821. The third kappa shape index (κ3) is 7.25. The van der Waals surface area contributed by atoms with E-state index < -0.39 is 30.4 Å². The molecule has 0 aliphatic carbocycles. The molecular formula is C28H31N3O4. The second-order valence-electron chi connectivity index (χ2n) is 8.26. The first-order valence-corrected chi connectivity index (χ1v) is 11.6. The fourth-order valence-electron chi connectivity index (χ4n) is 4.08. The lowest BCUT2D eigenvalue weighted by Crippen LogP contribution is -2.51. The number of hydrogen-bond acceptors (Lipinski definition) is 4. The van der Waals surface area contributed by atoms with Crippen LogP contribution in [0.5, 0.6) is 0 Å². The lowest BCUT2D eigenvalue weighted by atomic mass is 9.89. The second-order valence-corrected chi connectivity index (χ2v) is 8.26. The van der Waals surface area contributed by atoms with Crippen LogP contribution in [0.4, 0.5) is 0 Å². The van der Waals surface area contributed by atoms with Crippen molar-refractivity contribution >= 4 is 17.8 Å². The van der Waals surface area contributed by atoms with E-state index in [4.69, 9.17) is 10.8 Å². The van der Waals surface area contributed by atoms with Crippen LogP contribution in [0.3, 0.4) is 0 Å². The monoisotopic (exact) mass is 473 g/mol. The van der Waals surface area contributed by atoms with Crippen molar-refractivity contribution in [2.24, 2.45) is 5.73 Å². The highest BCUT2D eigenvalue weighted by atomic mass is 16.4. The van der Waals surface area contributed by atoms with Crippen LogP contribution in [0.2, 0.25) is 0 Å². The van der Waals surface area contributed by atoms with E-state index in [1.165, 1.54) is 0 Å². The standard InChI is InChI=1S/C28H31N3O4/c29-18-10-17-24(27(34)30-19-25(32)33)31(20-21-11-4-1-5-12-21)28(35)26(22-13-6-2-7-14-22)23-15-8-3-9-16-23/h1-9,11-16,24,26H,10,17-20,29H2,(H,30,34)(H,32,33)/t24-/m1/s1. The lowest BCUT2D eigenvalue weighted by Gasteiger charge is -2.34. The van der Waals surface area contributed by atoms with E-state index in [2.05, 4.69) is 5.32 Å². The van der Waals surface area contributed by atoms with Gasteiger partial charge in [0.2, 0.25) is 11.8 Å². The van der Waals surface area contributed by atoms with Crippen LogP contribution in [-0.4, -0.2) is 46.9 Å². The largest absolute Gasteiger partial charge is 0.480 e. The highest BCUT2D eigenvalue weighted by Gasteiger charge is 2.35. The van der Waals surface area contributed by atoms with Gasteiger partial charge in [-0.15, -0.1) is 0 Å². The maximum absolute atomic E-state index is 14.3. The molecule has 7 heteroatoms. The Morgan fingerprint density at radius 2 is 1.34 bits per heavy atom. The summed E-state index contributed by atoms with van der Waals surface area (Å²) in [6.45, 7) is 0.0224. The molecule has 0 radical (unpaired) electrons. The quantitative estimate of drug-likeness (QED) is 0.374. The van der Waals surface area contributed by atoms with Crippen molar-refractivity contribution in [3.05, 3.63) is 108 Å². The minimum absolute atomic E-state index is 0.200. The number of carbonyl (C=O) groups is 3. The molecule has 3 aromatic rings. The summed E-state index contributed by atoms with van der Waals surface area (Å²) in [6, 6.07) is 27.5. The minimum atomic E-state index is -1.15. The molecule has 0 saturated heterocycles. The van der Waals surface area contributed by atoms with Crippen LogP contribution in [0.15, 0.2) is 91.0 Å². The fraction of sp³-hybridized carbons (Fsp3) is 0.250. The predicted molar refractivity (Wildman–Crippen MR) is 134 cm³/mol. The fourth-order valence-corrected chi connectivity index (χ4v) is 4.08. The average Bonchev–Trinajstić information content (AvgIpc) is 2.89. The Hall–Kier alpha value is -3.97. The number of amides is 2.